The number of benzene rings is 2. The minimum absolute atomic E-state index is 0.231. The number of halogens is 2. The molecule has 8 heteroatoms. The number of aromatic amines is 1. The number of fused-ring (bicyclic) bond motifs is 3. The van der Waals surface area contributed by atoms with E-state index in [1.54, 1.807) is 35.9 Å². The summed E-state index contributed by atoms with van der Waals surface area (Å²) in [5.41, 5.74) is 3.35. The number of anilines is 2. The third kappa shape index (κ3) is 2.68. The molecule has 0 spiro atoms. The fourth-order valence-corrected chi connectivity index (χ4v) is 3.89. The summed E-state index contributed by atoms with van der Waals surface area (Å²) in [7, 11) is 1.77. The van der Waals surface area contributed by atoms with Crippen LogP contribution >= 0.6 is 23.2 Å². The van der Waals surface area contributed by atoms with E-state index in [1.807, 2.05) is 13.8 Å². The van der Waals surface area contributed by atoms with E-state index in [1.165, 1.54) is 0 Å². The summed E-state index contributed by atoms with van der Waals surface area (Å²) in [5.74, 6) is 0.415. The Hall–Kier alpha value is -2.83. The van der Waals surface area contributed by atoms with Crippen molar-refractivity contribution in [3.63, 3.8) is 0 Å². The molecule has 0 fully saturated rings. The van der Waals surface area contributed by atoms with Crippen LogP contribution in [0.1, 0.15) is 21.6 Å². The van der Waals surface area contributed by atoms with Gasteiger partial charge in [0.2, 0.25) is 5.95 Å². The molecule has 4 rings (SSSR count). The average molecular weight is 415 g/mol. The maximum absolute atomic E-state index is 12.7. The van der Waals surface area contributed by atoms with Crippen LogP contribution in [0.25, 0.3) is 21.8 Å². The number of nitrogens with zero attached hydrogens (tertiary/aromatic N) is 2. The topological polar surface area (TPSA) is 79.8 Å². The number of carbonyl (C=O) groups excluding carboxylic acids is 1. The number of pyridine rings is 1. The Morgan fingerprint density at radius 2 is 1.89 bits per heavy atom. The van der Waals surface area contributed by atoms with Gasteiger partial charge in [0.1, 0.15) is 5.52 Å². The molecule has 0 amide bonds. The molecule has 0 radical (unpaired) electrons. The van der Waals surface area contributed by atoms with Gasteiger partial charge >= 0.3 is 0 Å². The third-order valence-corrected chi connectivity index (χ3v) is 5.63. The number of aldehydes is 1. The predicted molar refractivity (Wildman–Crippen MR) is 113 cm³/mol. The molecule has 142 valence electrons. The maximum Gasteiger partial charge on any atom is 0.258 e. The number of H-pyrrole nitrogens is 1. The first-order chi connectivity index (χ1) is 13.3. The van der Waals surface area contributed by atoms with Gasteiger partial charge in [-0.15, -0.1) is 0 Å². The van der Waals surface area contributed by atoms with Crippen LogP contribution in [0, 0.1) is 13.8 Å². The highest BCUT2D eigenvalue weighted by Crippen LogP contribution is 2.35. The second kappa shape index (κ2) is 6.65. The maximum atomic E-state index is 12.7. The van der Waals surface area contributed by atoms with Crippen LogP contribution in [0.15, 0.2) is 29.1 Å². The highest BCUT2D eigenvalue weighted by molar-refractivity contribution is 6.39. The van der Waals surface area contributed by atoms with Gasteiger partial charge in [-0.25, -0.2) is 4.98 Å². The minimum atomic E-state index is -0.231. The quantitative estimate of drug-likeness (QED) is 0.467. The molecule has 0 bridgehead atoms. The van der Waals surface area contributed by atoms with Crippen molar-refractivity contribution in [3.05, 3.63) is 61.5 Å². The zero-order valence-electron chi connectivity index (χ0n) is 15.4. The van der Waals surface area contributed by atoms with E-state index in [0.717, 1.165) is 22.9 Å². The summed E-state index contributed by atoms with van der Waals surface area (Å²) in [6.45, 7) is 3.74. The first-order valence-electron chi connectivity index (χ1n) is 8.52. The summed E-state index contributed by atoms with van der Waals surface area (Å²) in [6.07, 6.45) is 0.747. The minimum Gasteiger partial charge on any atom is -0.326 e. The Labute approximate surface area is 170 Å². The van der Waals surface area contributed by atoms with Gasteiger partial charge in [-0.05, 0) is 43.0 Å². The summed E-state index contributed by atoms with van der Waals surface area (Å²) in [6, 6.07) is 6.87. The fourth-order valence-electron chi connectivity index (χ4n) is 3.39. The SMILES string of the molecule is Cc1[nH]c(=O)c2c(cc(C=O)c3nc(Nc4c(Cl)cccc4Cl)n(C)c32)c1C. The lowest BCUT2D eigenvalue weighted by molar-refractivity contribution is 0.112. The van der Waals surface area contributed by atoms with Gasteiger partial charge < -0.3 is 14.9 Å². The van der Waals surface area contributed by atoms with Gasteiger partial charge in [-0.1, -0.05) is 29.3 Å². The molecule has 28 heavy (non-hydrogen) atoms. The number of imidazole rings is 1. The Kier molecular flexibility index (Phi) is 4.40. The van der Waals surface area contributed by atoms with Crippen molar-refractivity contribution >= 4 is 62.9 Å². The monoisotopic (exact) mass is 414 g/mol. The average Bonchev–Trinajstić information content (AvgIpc) is 2.98. The molecule has 2 N–H and O–H groups in total. The van der Waals surface area contributed by atoms with Crippen molar-refractivity contribution in [3.8, 4) is 0 Å². The van der Waals surface area contributed by atoms with Crippen LogP contribution < -0.4 is 10.9 Å². The lowest BCUT2D eigenvalue weighted by atomic mass is 10.0. The number of rotatable bonds is 3. The molecule has 0 atom stereocenters. The van der Waals surface area contributed by atoms with Crippen molar-refractivity contribution in [1.82, 2.24) is 14.5 Å². The molecule has 2 aromatic heterocycles. The standard InChI is InChI=1S/C20H16Cl2N4O2/c1-9-10(2)23-19(28)15-12(9)7-11(8-27)16-18(15)26(3)20(24-16)25-17-13(21)5-4-6-14(17)22/h4-8H,1-3H3,(H,23,28)(H,24,25). The number of hydrogen-bond donors (Lipinski definition) is 2. The van der Waals surface area contributed by atoms with Gasteiger partial charge in [0, 0.05) is 18.3 Å². The smallest absolute Gasteiger partial charge is 0.258 e. The van der Waals surface area contributed by atoms with E-state index in [-0.39, 0.29) is 5.56 Å². The number of carbonyl (C=O) groups is 1. The number of aromatic nitrogens is 3. The van der Waals surface area contributed by atoms with Gasteiger partial charge in [0.25, 0.3) is 5.56 Å². The zero-order chi connectivity index (χ0) is 20.2. The first-order valence-corrected chi connectivity index (χ1v) is 9.28. The number of hydrogen-bond acceptors (Lipinski definition) is 4. The lowest BCUT2D eigenvalue weighted by Crippen LogP contribution is -2.11. The van der Waals surface area contributed by atoms with E-state index in [4.69, 9.17) is 23.2 Å². The second-order valence-corrected chi connectivity index (χ2v) is 7.44. The summed E-state index contributed by atoms with van der Waals surface area (Å²) >= 11 is 12.5. The summed E-state index contributed by atoms with van der Waals surface area (Å²) < 4.78 is 1.73. The number of nitrogens with one attached hydrogen (secondary N) is 2. The van der Waals surface area contributed by atoms with Crippen LogP contribution in [-0.4, -0.2) is 20.8 Å². The molecule has 6 nitrogen and oxygen atoms in total. The van der Waals surface area contributed by atoms with Gasteiger partial charge in [0.05, 0.1) is 26.6 Å². The van der Waals surface area contributed by atoms with Crippen LogP contribution in [0.3, 0.4) is 0 Å². The molecular formula is C20H16Cl2N4O2. The second-order valence-electron chi connectivity index (χ2n) is 6.62. The van der Waals surface area contributed by atoms with Crippen molar-refractivity contribution in [1.29, 1.82) is 0 Å². The largest absolute Gasteiger partial charge is 0.326 e. The van der Waals surface area contributed by atoms with Crippen molar-refractivity contribution in [2.75, 3.05) is 5.32 Å². The van der Waals surface area contributed by atoms with Gasteiger partial charge in [-0.3, -0.25) is 9.59 Å². The number of aryl methyl sites for hydroxylation is 3. The molecule has 0 aliphatic heterocycles. The van der Waals surface area contributed by atoms with Crippen molar-refractivity contribution in [2.45, 2.75) is 13.8 Å². The van der Waals surface area contributed by atoms with Crippen LogP contribution in [0.5, 0.6) is 0 Å². The van der Waals surface area contributed by atoms with E-state index in [9.17, 15) is 9.59 Å². The Morgan fingerprint density at radius 3 is 2.54 bits per heavy atom. The molecule has 0 saturated carbocycles. The van der Waals surface area contributed by atoms with Crippen LogP contribution in [0.4, 0.5) is 11.6 Å². The van der Waals surface area contributed by atoms with E-state index in [0.29, 0.717) is 43.7 Å². The molecule has 0 saturated heterocycles. The van der Waals surface area contributed by atoms with Gasteiger partial charge in [0.15, 0.2) is 6.29 Å². The molecular weight excluding hydrogens is 399 g/mol. The molecule has 0 aliphatic rings. The van der Waals surface area contributed by atoms with Gasteiger partial charge in [-0.2, -0.15) is 0 Å². The molecule has 0 aliphatic carbocycles. The van der Waals surface area contributed by atoms with E-state index in [2.05, 4.69) is 15.3 Å². The third-order valence-electron chi connectivity index (χ3n) is 5.00. The van der Waals surface area contributed by atoms with Crippen molar-refractivity contribution in [2.24, 2.45) is 7.05 Å². The molecule has 2 aromatic carbocycles. The van der Waals surface area contributed by atoms with E-state index < -0.39 is 0 Å². The van der Waals surface area contributed by atoms with Crippen LogP contribution in [-0.2, 0) is 7.05 Å². The number of para-hydroxylation sites is 1. The first kappa shape index (κ1) is 18.5. The zero-order valence-corrected chi connectivity index (χ0v) is 16.9. The predicted octanol–water partition coefficient (Wildman–Crippen LogP) is 4.89. The highest BCUT2D eigenvalue weighted by Gasteiger charge is 2.20. The Bertz CT molecular complexity index is 1320. The summed E-state index contributed by atoms with van der Waals surface area (Å²) in [4.78, 5) is 31.9. The normalized spacial score (nSPS) is 11.3. The van der Waals surface area contributed by atoms with Crippen LogP contribution in [0.2, 0.25) is 10.0 Å². The van der Waals surface area contributed by atoms with E-state index >= 15 is 0 Å². The molecule has 4 aromatic rings. The Balaban J connectivity index is 2.08. The Morgan fingerprint density at radius 1 is 1.21 bits per heavy atom. The van der Waals surface area contributed by atoms with Crippen molar-refractivity contribution < 1.29 is 4.79 Å². The lowest BCUT2D eigenvalue weighted by Gasteiger charge is -2.11. The molecule has 2 heterocycles. The fraction of sp³-hybridized carbons (Fsp3) is 0.150. The molecule has 0 unspecified atom stereocenters. The summed E-state index contributed by atoms with van der Waals surface area (Å²) in [5, 5.41) is 5.20. The highest BCUT2D eigenvalue weighted by atomic mass is 35.5.